The topological polar surface area (TPSA) is 70.2 Å². The molecule has 1 unspecified atom stereocenters. The number of anilines is 1. The fraction of sp³-hybridized carbons (Fsp3) is 0.643. The molecule has 0 spiro atoms. The molecule has 1 fully saturated rings. The molecule has 1 aliphatic rings. The molecule has 1 amide bonds. The van der Waals surface area contributed by atoms with Crippen LogP contribution in [0.2, 0.25) is 0 Å². The molecule has 2 rings (SSSR count). The lowest BCUT2D eigenvalue weighted by atomic mass is 10.0. The third kappa shape index (κ3) is 3.90. The average Bonchev–Trinajstić information content (AvgIpc) is 2.47. The second-order valence-corrected chi connectivity index (χ2v) is 5.17. The molecule has 1 atom stereocenters. The van der Waals surface area contributed by atoms with Crippen molar-refractivity contribution < 1.29 is 4.79 Å². The van der Waals surface area contributed by atoms with Gasteiger partial charge in [0.1, 0.15) is 5.82 Å². The van der Waals surface area contributed by atoms with Gasteiger partial charge in [-0.1, -0.05) is 6.42 Å². The molecule has 6 nitrogen and oxygen atoms in total. The Hall–Kier alpha value is -1.69. The van der Waals surface area contributed by atoms with Crippen LogP contribution in [0, 0.1) is 0 Å². The summed E-state index contributed by atoms with van der Waals surface area (Å²) in [7, 11) is 2.11. The Balaban J connectivity index is 1.84. The molecule has 2 heterocycles. The SMILES string of the molecule is CCNc1ccc(C(=O)NCC2CCCCN2C)nn1. The first-order valence-corrected chi connectivity index (χ1v) is 7.26. The van der Waals surface area contributed by atoms with Crippen molar-refractivity contribution in [2.75, 3.05) is 32.0 Å². The minimum absolute atomic E-state index is 0.153. The molecule has 6 heteroatoms. The molecule has 1 aromatic heterocycles. The van der Waals surface area contributed by atoms with Crippen molar-refractivity contribution >= 4 is 11.7 Å². The van der Waals surface area contributed by atoms with Gasteiger partial charge >= 0.3 is 0 Å². The number of carbonyl (C=O) groups excluding carboxylic acids is 1. The summed E-state index contributed by atoms with van der Waals surface area (Å²) in [6.07, 6.45) is 3.63. The maximum absolute atomic E-state index is 12.0. The Morgan fingerprint density at radius 3 is 2.90 bits per heavy atom. The van der Waals surface area contributed by atoms with Gasteiger partial charge in [-0.05, 0) is 45.5 Å². The molecule has 2 N–H and O–H groups in total. The van der Waals surface area contributed by atoms with E-state index in [9.17, 15) is 4.79 Å². The second-order valence-electron chi connectivity index (χ2n) is 5.17. The zero-order valence-electron chi connectivity index (χ0n) is 12.2. The lowest BCUT2D eigenvalue weighted by Crippen LogP contribution is -2.44. The van der Waals surface area contributed by atoms with E-state index in [0.717, 1.165) is 19.5 Å². The minimum atomic E-state index is -0.153. The highest BCUT2D eigenvalue weighted by molar-refractivity contribution is 5.92. The molecule has 20 heavy (non-hydrogen) atoms. The highest BCUT2D eigenvalue weighted by Gasteiger charge is 2.19. The van der Waals surface area contributed by atoms with Crippen LogP contribution < -0.4 is 10.6 Å². The highest BCUT2D eigenvalue weighted by atomic mass is 16.1. The molecule has 0 aromatic carbocycles. The highest BCUT2D eigenvalue weighted by Crippen LogP contribution is 2.14. The third-order valence-electron chi connectivity index (χ3n) is 3.67. The predicted molar refractivity (Wildman–Crippen MR) is 78.8 cm³/mol. The molecule has 0 bridgehead atoms. The van der Waals surface area contributed by atoms with Crippen LogP contribution in [0.3, 0.4) is 0 Å². The molecular formula is C14H23N5O. The summed E-state index contributed by atoms with van der Waals surface area (Å²) in [5, 5.41) is 13.9. The van der Waals surface area contributed by atoms with Crippen molar-refractivity contribution in [3.63, 3.8) is 0 Å². The van der Waals surface area contributed by atoms with Gasteiger partial charge in [0.15, 0.2) is 5.69 Å². The Morgan fingerprint density at radius 2 is 2.25 bits per heavy atom. The molecule has 0 saturated carbocycles. The number of rotatable bonds is 5. The van der Waals surface area contributed by atoms with Gasteiger partial charge in [-0.25, -0.2) is 0 Å². The van der Waals surface area contributed by atoms with Crippen molar-refractivity contribution in [1.29, 1.82) is 0 Å². The number of hydrogen-bond donors (Lipinski definition) is 2. The maximum Gasteiger partial charge on any atom is 0.271 e. The van der Waals surface area contributed by atoms with E-state index in [0.29, 0.717) is 24.1 Å². The number of nitrogens with one attached hydrogen (secondary N) is 2. The Labute approximate surface area is 120 Å². The van der Waals surface area contributed by atoms with Crippen LogP contribution in [0.5, 0.6) is 0 Å². The Kier molecular flexibility index (Phi) is 5.29. The van der Waals surface area contributed by atoms with E-state index in [-0.39, 0.29) is 5.91 Å². The summed E-state index contributed by atoms with van der Waals surface area (Å²) in [5.74, 6) is 0.538. The first kappa shape index (κ1) is 14.7. The summed E-state index contributed by atoms with van der Waals surface area (Å²) in [6.45, 7) is 4.56. The van der Waals surface area contributed by atoms with E-state index in [1.807, 2.05) is 6.92 Å². The molecule has 110 valence electrons. The van der Waals surface area contributed by atoms with Crippen molar-refractivity contribution in [2.24, 2.45) is 0 Å². The molecule has 0 radical (unpaired) electrons. The zero-order chi connectivity index (χ0) is 14.4. The fourth-order valence-electron chi connectivity index (χ4n) is 2.43. The number of nitrogens with zero attached hydrogens (tertiary/aromatic N) is 3. The second kappa shape index (κ2) is 7.19. The number of likely N-dealkylation sites (N-methyl/N-ethyl adjacent to an activating group) is 1. The van der Waals surface area contributed by atoms with Crippen LogP contribution >= 0.6 is 0 Å². The van der Waals surface area contributed by atoms with Crippen LogP contribution in [-0.2, 0) is 0 Å². The normalized spacial score (nSPS) is 19.6. The summed E-state index contributed by atoms with van der Waals surface area (Å²) < 4.78 is 0. The van der Waals surface area contributed by atoms with Gasteiger partial charge in [0.2, 0.25) is 0 Å². The van der Waals surface area contributed by atoms with Gasteiger partial charge in [0, 0.05) is 19.1 Å². The zero-order valence-corrected chi connectivity index (χ0v) is 12.2. The van der Waals surface area contributed by atoms with Gasteiger partial charge in [-0.3, -0.25) is 4.79 Å². The van der Waals surface area contributed by atoms with E-state index in [1.165, 1.54) is 12.8 Å². The quantitative estimate of drug-likeness (QED) is 0.844. The van der Waals surface area contributed by atoms with E-state index in [2.05, 4.69) is 32.8 Å². The number of piperidine rings is 1. The smallest absolute Gasteiger partial charge is 0.271 e. The van der Waals surface area contributed by atoms with Crippen LogP contribution in [0.4, 0.5) is 5.82 Å². The largest absolute Gasteiger partial charge is 0.369 e. The van der Waals surface area contributed by atoms with Crippen LogP contribution in [-0.4, -0.2) is 53.7 Å². The molecule has 1 saturated heterocycles. The maximum atomic E-state index is 12.0. The van der Waals surface area contributed by atoms with Crippen molar-refractivity contribution in [1.82, 2.24) is 20.4 Å². The van der Waals surface area contributed by atoms with Crippen molar-refractivity contribution in [3.8, 4) is 0 Å². The molecule has 1 aromatic rings. The summed E-state index contributed by atoms with van der Waals surface area (Å²) >= 11 is 0. The van der Waals surface area contributed by atoms with Gasteiger partial charge < -0.3 is 15.5 Å². The van der Waals surface area contributed by atoms with Crippen molar-refractivity contribution in [3.05, 3.63) is 17.8 Å². The number of carbonyl (C=O) groups is 1. The van der Waals surface area contributed by atoms with E-state index in [4.69, 9.17) is 0 Å². The number of likely N-dealkylation sites (tertiary alicyclic amines) is 1. The first-order chi connectivity index (χ1) is 9.70. The summed E-state index contributed by atoms with van der Waals surface area (Å²) in [5.41, 5.74) is 0.366. The van der Waals surface area contributed by atoms with Gasteiger partial charge in [0.25, 0.3) is 5.91 Å². The average molecular weight is 277 g/mol. The fourth-order valence-corrected chi connectivity index (χ4v) is 2.43. The van der Waals surface area contributed by atoms with Gasteiger partial charge in [-0.15, -0.1) is 10.2 Å². The van der Waals surface area contributed by atoms with E-state index in [1.54, 1.807) is 12.1 Å². The van der Waals surface area contributed by atoms with Crippen molar-refractivity contribution in [2.45, 2.75) is 32.2 Å². The van der Waals surface area contributed by atoms with E-state index >= 15 is 0 Å². The Morgan fingerprint density at radius 1 is 1.40 bits per heavy atom. The lowest BCUT2D eigenvalue weighted by Gasteiger charge is -2.32. The molecule has 1 aliphatic heterocycles. The standard InChI is InChI=1S/C14H23N5O/c1-3-15-13-8-7-12(17-18-13)14(20)16-10-11-6-4-5-9-19(11)2/h7-8,11H,3-6,9-10H2,1-2H3,(H,15,18)(H,16,20). The number of hydrogen-bond acceptors (Lipinski definition) is 5. The number of aromatic nitrogens is 2. The first-order valence-electron chi connectivity index (χ1n) is 7.26. The lowest BCUT2D eigenvalue weighted by molar-refractivity contribution is 0.0922. The van der Waals surface area contributed by atoms with Gasteiger partial charge in [-0.2, -0.15) is 0 Å². The Bertz CT molecular complexity index is 434. The predicted octanol–water partition coefficient (Wildman–Crippen LogP) is 1.12. The summed E-state index contributed by atoms with van der Waals surface area (Å²) in [6, 6.07) is 3.91. The van der Waals surface area contributed by atoms with Crippen LogP contribution in [0.1, 0.15) is 36.7 Å². The van der Waals surface area contributed by atoms with Crippen LogP contribution in [0.25, 0.3) is 0 Å². The molecular weight excluding hydrogens is 254 g/mol. The minimum Gasteiger partial charge on any atom is -0.369 e. The van der Waals surface area contributed by atoms with E-state index < -0.39 is 0 Å². The molecule has 0 aliphatic carbocycles. The third-order valence-corrected chi connectivity index (χ3v) is 3.67. The monoisotopic (exact) mass is 277 g/mol. The number of amides is 1. The summed E-state index contributed by atoms with van der Waals surface area (Å²) in [4.78, 5) is 14.3. The van der Waals surface area contributed by atoms with Gasteiger partial charge in [0.05, 0.1) is 0 Å². The van der Waals surface area contributed by atoms with Crippen LogP contribution in [0.15, 0.2) is 12.1 Å².